The molecule has 0 radical (unpaired) electrons. The Kier molecular flexibility index (Phi) is 4.02. The Morgan fingerprint density at radius 1 is 0.846 bits per heavy atom. The van der Waals surface area contributed by atoms with Crippen molar-refractivity contribution < 1.29 is 14.3 Å². The Hall–Kier alpha value is -1.84. The molecule has 26 heavy (non-hydrogen) atoms. The number of benzene rings is 1. The third kappa shape index (κ3) is 2.93. The van der Waals surface area contributed by atoms with Crippen LogP contribution < -0.4 is 10.1 Å². The van der Waals surface area contributed by atoms with E-state index in [2.05, 4.69) is 5.32 Å². The number of hydrogen-bond acceptors (Lipinski definition) is 3. The van der Waals surface area contributed by atoms with Gasteiger partial charge in [0.25, 0.3) is 0 Å². The van der Waals surface area contributed by atoms with E-state index in [0.717, 1.165) is 5.69 Å². The van der Waals surface area contributed by atoms with E-state index in [1.54, 1.807) is 12.1 Å². The number of amides is 1. The molecule has 1 aromatic carbocycles. The summed E-state index contributed by atoms with van der Waals surface area (Å²) in [6.45, 7) is 0. The lowest BCUT2D eigenvalue weighted by molar-refractivity contribution is -0.136. The van der Waals surface area contributed by atoms with Gasteiger partial charge in [0.1, 0.15) is 5.75 Å². The van der Waals surface area contributed by atoms with Crippen LogP contribution in [0.5, 0.6) is 5.75 Å². The van der Waals surface area contributed by atoms with Crippen LogP contribution in [0.25, 0.3) is 0 Å². The topological polar surface area (TPSA) is 55.4 Å². The van der Waals surface area contributed by atoms with Crippen LogP contribution >= 0.6 is 0 Å². The molecule has 4 fully saturated rings. The number of fused-ring (bicyclic) bond motifs is 2. The van der Waals surface area contributed by atoms with Crippen molar-refractivity contribution in [2.24, 2.45) is 35.5 Å². The monoisotopic (exact) mass is 353 g/mol. The molecule has 0 aromatic heterocycles. The van der Waals surface area contributed by atoms with Gasteiger partial charge >= 0.3 is 5.97 Å². The number of ether oxygens (including phenoxy) is 1. The van der Waals surface area contributed by atoms with Gasteiger partial charge in [0.05, 0.1) is 5.92 Å². The second-order valence-corrected chi connectivity index (χ2v) is 8.71. The average Bonchev–Trinajstić information content (AvgIpc) is 3.54. The molecule has 1 aromatic rings. The van der Waals surface area contributed by atoms with E-state index in [-0.39, 0.29) is 23.7 Å². The van der Waals surface area contributed by atoms with Crippen LogP contribution in [0, 0.1) is 35.5 Å². The van der Waals surface area contributed by atoms with Gasteiger partial charge in [-0.05, 0) is 61.5 Å². The fourth-order valence-electron chi connectivity index (χ4n) is 5.77. The molecule has 1 amide bonds. The Morgan fingerprint density at radius 3 is 2.04 bits per heavy atom. The van der Waals surface area contributed by atoms with Crippen LogP contribution in [0.4, 0.5) is 5.69 Å². The fraction of sp³-hybridized carbons (Fsp3) is 0.636. The molecule has 1 N–H and O–H groups in total. The highest BCUT2D eigenvalue weighted by Gasteiger charge is 2.56. The van der Waals surface area contributed by atoms with E-state index < -0.39 is 0 Å². The first-order chi connectivity index (χ1) is 12.7. The van der Waals surface area contributed by atoms with Crippen molar-refractivity contribution in [3.8, 4) is 5.75 Å². The lowest BCUT2D eigenvalue weighted by Crippen LogP contribution is -2.16. The van der Waals surface area contributed by atoms with Gasteiger partial charge in [0.2, 0.25) is 5.91 Å². The quantitative estimate of drug-likeness (QED) is 0.645. The summed E-state index contributed by atoms with van der Waals surface area (Å²) < 4.78 is 5.63. The summed E-state index contributed by atoms with van der Waals surface area (Å²) >= 11 is 0. The van der Waals surface area contributed by atoms with Crippen LogP contribution in [0.3, 0.4) is 0 Å². The Morgan fingerprint density at radius 2 is 1.42 bits per heavy atom. The van der Waals surface area contributed by atoms with Gasteiger partial charge in [-0.2, -0.15) is 0 Å². The van der Waals surface area contributed by atoms with E-state index in [1.807, 2.05) is 12.1 Å². The largest absolute Gasteiger partial charge is 0.426 e. The standard InChI is InChI=1S/C22H27NO3/c24-21(19-15-8-1-2-9-16(15)19)23-13-6-5-7-14(12-13)26-22(25)20-17-10-3-4-11-18(17)20/h5-7,12,15-20H,1-4,8-11H2,(H,23,24)/t15-,16-,17-,18-/m0/s1. The molecule has 0 saturated heterocycles. The van der Waals surface area contributed by atoms with Gasteiger partial charge in [0, 0.05) is 17.7 Å². The zero-order valence-electron chi connectivity index (χ0n) is 15.2. The lowest BCUT2D eigenvalue weighted by atomic mass is 10.0. The number of hydrogen-bond donors (Lipinski definition) is 1. The van der Waals surface area contributed by atoms with E-state index in [0.29, 0.717) is 29.4 Å². The molecule has 0 heterocycles. The number of anilines is 1. The summed E-state index contributed by atoms with van der Waals surface area (Å²) in [4.78, 5) is 25.0. The highest BCUT2D eigenvalue weighted by molar-refractivity contribution is 5.95. The molecule has 4 aliphatic carbocycles. The maximum atomic E-state index is 12.5. The number of carbonyl (C=O) groups excluding carboxylic acids is 2. The summed E-state index contributed by atoms with van der Waals surface area (Å²) in [5, 5.41) is 3.04. The van der Waals surface area contributed by atoms with Gasteiger partial charge in [-0.15, -0.1) is 0 Å². The molecule has 0 spiro atoms. The summed E-state index contributed by atoms with van der Waals surface area (Å²) in [5.74, 6) is 3.20. The molecule has 0 unspecified atom stereocenters. The molecule has 5 rings (SSSR count). The number of carbonyl (C=O) groups is 2. The SMILES string of the molecule is O=C(Nc1cccc(OC(=O)C2[C@H]3CCCC[C@H]23)c1)C1[C@H]2CCCC[C@H]12. The van der Waals surface area contributed by atoms with Crippen LogP contribution in [-0.4, -0.2) is 11.9 Å². The summed E-state index contributed by atoms with van der Waals surface area (Å²) in [6, 6.07) is 7.31. The fourth-order valence-corrected chi connectivity index (χ4v) is 5.77. The molecule has 4 aliphatic rings. The van der Waals surface area contributed by atoms with E-state index >= 15 is 0 Å². The lowest BCUT2D eigenvalue weighted by Gasteiger charge is -2.08. The first-order valence-electron chi connectivity index (χ1n) is 10.3. The van der Waals surface area contributed by atoms with E-state index in [4.69, 9.17) is 4.74 Å². The van der Waals surface area contributed by atoms with Crippen molar-refractivity contribution in [2.75, 3.05) is 5.32 Å². The van der Waals surface area contributed by atoms with Crippen LogP contribution in [0.2, 0.25) is 0 Å². The maximum absolute atomic E-state index is 12.5. The van der Waals surface area contributed by atoms with Gasteiger partial charge in [-0.25, -0.2) is 0 Å². The van der Waals surface area contributed by atoms with Crippen molar-refractivity contribution in [1.29, 1.82) is 0 Å². The predicted octanol–water partition coefficient (Wildman–Crippen LogP) is 4.40. The minimum atomic E-state index is -0.0846. The summed E-state index contributed by atoms with van der Waals surface area (Å²) in [7, 11) is 0. The second kappa shape index (κ2) is 6.40. The molecule has 138 valence electrons. The third-order valence-corrected chi connectivity index (χ3v) is 7.21. The minimum Gasteiger partial charge on any atom is -0.426 e. The molecular formula is C22H27NO3. The Labute approximate surface area is 154 Å². The van der Waals surface area contributed by atoms with Crippen molar-refractivity contribution in [3.05, 3.63) is 24.3 Å². The van der Waals surface area contributed by atoms with Crippen molar-refractivity contribution in [1.82, 2.24) is 0 Å². The van der Waals surface area contributed by atoms with Crippen molar-refractivity contribution in [3.63, 3.8) is 0 Å². The second-order valence-electron chi connectivity index (χ2n) is 8.71. The normalized spacial score (nSPS) is 37.1. The number of nitrogens with one attached hydrogen (secondary N) is 1. The molecule has 4 heteroatoms. The molecule has 0 aliphatic heterocycles. The molecule has 0 bridgehead atoms. The maximum Gasteiger partial charge on any atom is 0.314 e. The molecule has 4 atom stereocenters. The average molecular weight is 353 g/mol. The first-order valence-corrected chi connectivity index (χ1v) is 10.3. The van der Waals surface area contributed by atoms with Gasteiger partial charge in [-0.3, -0.25) is 9.59 Å². The van der Waals surface area contributed by atoms with E-state index in [9.17, 15) is 9.59 Å². The van der Waals surface area contributed by atoms with Crippen molar-refractivity contribution in [2.45, 2.75) is 51.4 Å². The zero-order valence-corrected chi connectivity index (χ0v) is 15.2. The predicted molar refractivity (Wildman–Crippen MR) is 98.6 cm³/mol. The third-order valence-electron chi connectivity index (χ3n) is 7.21. The zero-order chi connectivity index (χ0) is 17.7. The van der Waals surface area contributed by atoms with Crippen molar-refractivity contribution >= 4 is 17.6 Å². The molecular weight excluding hydrogens is 326 g/mol. The molecule has 4 saturated carbocycles. The summed E-state index contributed by atoms with van der Waals surface area (Å²) in [5.41, 5.74) is 0.733. The highest BCUT2D eigenvalue weighted by atomic mass is 16.5. The first kappa shape index (κ1) is 16.3. The summed E-state index contributed by atoms with van der Waals surface area (Å²) in [6.07, 6.45) is 9.76. The molecule has 4 nitrogen and oxygen atoms in total. The van der Waals surface area contributed by atoms with Gasteiger partial charge < -0.3 is 10.1 Å². The Bertz CT molecular complexity index is 649. The van der Waals surface area contributed by atoms with Crippen LogP contribution in [0.1, 0.15) is 51.4 Å². The minimum absolute atomic E-state index is 0.0846. The van der Waals surface area contributed by atoms with Gasteiger partial charge in [-0.1, -0.05) is 31.7 Å². The van der Waals surface area contributed by atoms with Crippen LogP contribution in [-0.2, 0) is 9.59 Å². The smallest absolute Gasteiger partial charge is 0.314 e. The number of esters is 1. The van der Waals surface area contributed by atoms with E-state index in [1.165, 1.54) is 51.4 Å². The number of rotatable bonds is 4. The highest BCUT2D eigenvalue weighted by Crippen LogP contribution is 2.56. The Balaban J connectivity index is 1.19. The van der Waals surface area contributed by atoms with Crippen LogP contribution in [0.15, 0.2) is 24.3 Å². The van der Waals surface area contributed by atoms with Gasteiger partial charge in [0.15, 0.2) is 0 Å².